The lowest BCUT2D eigenvalue weighted by Gasteiger charge is -2.41. The van der Waals surface area contributed by atoms with Gasteiger partial charge in [-0.1, -0.05) is 49.4 Å². The van der Waals surface area contributed by atoms with E-state index in [0.717, 1.165) is 17.5 Å². The maximum absolute atomic E-state index is 13.2. The number of aliphatic hydroxyl groups is 1. The quantitative estimate of drug-likeness (QED) is 0.427. The predicted octanol–water partition coefficient (Wildman–Crippen LogP) is 3.41. The molecule has 2 heterocycles. The molecule has 1 amide bonds. The topological polar surface area (TPSA) is 118 Å². The van der Waals surface area contributed by atoms with E-state index in [2.05, 4.69) is 15.0 Å². The number of nitrogens with zero attached hydrogens (tertiary/aromatic N) is 1. The summed E-state index contributed by atoms with van der Waals surface area (Å²) in [5, 5.41) is 13.9. The van der Waals surface area contributed by atoms with Crippen molar-refractivity contribution in [2.24, 2.45) is 0 Å². The van der Waals surface area contributed by atoms with Crippen molar-refractivity contribution in [3.05, 3.63) is 89.1 Å². The van der Waals surface area contributed by atoms with E-state index in [1.807, 2.05) is 37.3 Å². The molecule has 0 saturated heterocycles. The van der Waals surface area contributed by atoms with Gasteiger partial charge in [0.2, 0.25) is 15.9 Å². The van der Waals surface area contributed by atoms with Gasteiger partial charge in [-0.05, 0) is 56.0 Å². The van der Waals surface area contributed by atoms with Crippen LogP contribution in [0.15, 0.2) is 71.8 Å². The molecule has 192 valence electrons. The lowest BCUT2D eigenvalue weighted by molar-refractivity contribution is -0.0632. The Morgan fingerprint density at radius 2 is 1.81 bits per heavy atom. The number of fused-ring (bicyclic) bond motifs is 1. The van der Waals surface area contributed by atoms with Gasteiger partial charge >= 0.3 is 0 Å². The van der Waals surface area contributed by atoms with Crippen LogP contribution in [-0.2, 0) is 22.9 Å². The Morgan fingerprint density at radius 3 is 2.47 bits per heavy atom. The highest BCUT2D eigenvalue weighted by molar-refractivity contribution is 7.89. The number of nitrogens with one attached hydrogen (secondary N) is 2. The van der Waals surface area contributed by atoms with Gasteiger partial charge in [0.05, 0.1) is 16.5 Å². The minimum absolute atomic E-state index is 0. The van der Waals surface area contributed by atoms with Crippen molar-refractivity contribution < 1.29 is 24.5 Å². The van der Waals surface area contributed by atoms with Crippen molar-refractivity contribution in [1.29, 1.82) is 0 Å². The molecule has 1 aliphatic rings. The molecule has 0 aliphatic carbocycles. The molecule has 0 fully saturated rings. The fourth-order valence-corrected chi connectivity index (χ4v) is 5.34. The number of sulfonamides is 1. The molecule has 3 N–H and O–H groups in total. The van der Waals surface area contributed by atoms with Crippen LogP contribution in [0, 0.1) is 0 Å². The van der Waals surface area contributed by atoms with E-state index in [1.54, 1.807) is 26.0 Å². The number of carbonyl (C=O) groups is 1. The van der Waals surface area contributed by atoms with E-state index < -0.39 is 27.8 Å². The van der Waals surface area contributed by atoms with Gasteiger partial charge in [0, 0.05) is 19.7 Å². The van der Waals surface area contributed by atoms with Crippen LogP contribution in [0.25, 0.3) is 0 Å². The molecule has 0 radical (unpaired) electrons. The molecule has 9 heteroatoms. The van der Waals surface area contributed by atoms with Gasteiger partial charge < -0.3 is 15.2 Å². The normalized spacial score (nSPS) is 18.7. The van der Waals surface area contributed by atoms with E-state index in [4.69, 9.17) is 4.74 Å². The average molecular weight is 512 g/mol. The zero-order valence-corrected chi connectivity index (χ0v) is 21.4. The second-order valence-electron chi connectivity index (χ2n) is 9.36. The van der Waals surface area contributed by atoms with Crippen LogP contribution in [0.5, 0.6) is 5.88 Å². The van der Waals surface area contributed by atoms with Crippen molar-refractivity contribution in [3.63, 3.8) is 0 Å². The molecular weight excluding hydrogens is 478 g/mol. The highest BCUT2D eigenvalue weighted by Crippen LogP contribution is 2.39. The van der Waals surface area contributed by atoms with Crippen LogP contribution in [0.4, 0.5) is 0 Å². The first kappa shape index (κ1) is 25.8. The fraction of sp³-hybridized carbons (Fsp3) is 0.333. The van der Waals surface area contributed by atoms with Crippen molar-refractivity contribution in [2.75, 3.05) is 6.54 Å². The molecule has 1 aliphatic heterocycles. The van der Waals surface area contributed by atoms with E-state index in [0.29, 0.717) is 18.5 Å². The third-order valence-electron chi connectivity index (χ3n) is 6.33. The first-order valence-corrected chi connectivity index (χ1v) is 13.4. The second-order valence-corrected chi connectivity index (χ2v) is 11.1. The largest absolute Gasteiger partial charge is 0.469 e. The molecule has 1 aromatic heterocycles. The molecule has 2 aromatic carbocycles. The van der Waals surface area contributed by atoms with Gasteiger partial charge in [-0.3, -0.25) is 4.79 Å². The molecule has 8 nitrogen and oxygen atoms in total. The van der Waals surface area contributed by atoms with Crippen LogP contribution in [0.2, 0.25) is 0 Å². The average Bonchev–Trinajstić information content (AvgIpc) is 2.87. The summed E-state index contributed by atoms with van der Waals surface area (Å²) >= 11 is 0. The second kappa shape index (κ2) is 10.4. The van der Waals surface area contributed by atoms with Gasteiger partial charge in [0.25, 0.3) is 5.91 Å². The molecule has 4 rings (SSSR count). The van der Waals surface area contributed by atoms with Gasteiger partial charge in [-0.25, -0.2) is 18.1 Å². The van der Waals surface area contributed by atoms with E-state index in [9.17, 15) is 18.3 Å². The van der Waals surface area contributed by atoms with Crippen LogP contribution in [0.3, 0.4) is 0 Å². The number of hydrogen-bond acceptors (Lipinski definition) is 6. The number of benzene rings is 2. The predicted molar refractivity (Wildman–Crippen MR) is 138 cm³/mol. The maximum atomic E-state index is 13.2. The van der Waals surface area contributed by atoms with Gasteiger partial charge in [-0.15, -0.1) is 0 Å². The summed E-state index contributed by atoms with van der Waals surface area (Å²) in [6.07, 6.45) is 1.61. The van der Waals surface area contributed by atoms with Crippen LogP contribution >= 0.6 is 0 Å². The summed E-state index contributed by atoms with van der Waals surface area (Å²) in [5.74, 6) is -0.183. The first-order valence-electron chi connectivity index (χ1n) is 11.9. The van der Waals surface area contributed by atoms with Crippen molar-refractivity contribution in [3.8, 4) is 5.88 Å². The first-order chi connectivity index (χ1) is 17.1. The lowest BCUT2D eigenvalue weighted by atomic mass is 9.88. The third kappa shape index (κ3) is 5.59. The number of aromatic nitrogens is 1. The lowest BCUT2D eigenvalue weighted by Crippen LogP contribution is -2.53. The third-order valence-corrected chi connectivity index (χ3v) is 7.79. The van der Waals surface area contributed by atoms with Gasteiger partial charge in [0.1, 0.15) is 11.7 Å². The molecule has 0 spiro atoms. The SMILES string of the molecule is CCc1ccc(S(=O)(=O)N[C@@H]2c3cc(C(=O)NCCc4ccccc4)cnc3OC(C)(C)[C@H]2O)cc1.[HH]. The number of aryl methyl sites for hydroxylation is 1. The minimum Gasteiger partial charge on any atom is -0.469 e. The number of carbonyl (C=O) groups excluding carboxylic acids is 1. The van der Waals surface area contributed by atoms with Gasteiger partial charge in [0.15, 0.2) is 0 Å². The smallest absolute Gasteiger partial charge is 0.252 e. The number of rotatable bonds is 8. The van der Waals surface area contributed by atoms with Gasteiger partial charge in [-0.2, -0.15) is 0 Å². The molecule has 2 atom stereocenters. The minimum atomic E-state index is -3.98. The number of ether oxygens (including phenoxy) is 1. The molecular formula is C27H33N3O5S. The molecule has 36 heavy (non-hydrogen) atoms. The van der Waals surface area contributed by atoms with Crippen LogP contribution in [-0.4, -0.2) is 42.7 Å². The molecule has 3 aromatic rings. The van der Waals surface area contributed by atoms with Crippen molar-refractivity contribution >= 4 is 15.9 Å². The van der Waals surface area contributed by atoms with Crippen molar-refractivity contribution in [1.82, 2.24) is 15.0 Å². The number of aliphatic hydroxyl groups excluding tert-OH is 1. The Morgan fingerprint density at radius 1 is 1.11 bits per heavy atom. The Hall–Kier alpha value is -3.27. The number of hydrogen-bond donors (Lipinski definition) is 3. The summed E-state index contributed by atoms with van der Waals surface area (Å²) in [5.41, 5.74) is 1.54. The fourth-order valence-electron chi connectivity index (χ4n) is 4.12. The highest BCUT2D eigenvalue weighted by Gasteiger charge is 2.45. The summed E-state index contributed by atoms with van der Waals surface area (Å²) in [7, 11) is -3.98. The Labute approximate surface area is 213 Å². The zero-order chi connectivity index (χ0) is 25.9. The summed E-state index contributed by atoms with van der Waals surface area (Å²) < 4.78 is 34.9. The Bertz CT molecular complexity index is 1330. The molecule has 0 bridgehead atoms. The van der Waals surface area contributed by atoms with E-state index >= 15 is 0 Å². The van der Waals surface area contributed by atoms with E-state index in [1.165, 1.54) is 24.4 Å². The number of pyridine rings is 1. The zero-order valence-electron chi connectivity index (χ0n) is 20.6. The number of amides is 1. The Kier molecular flexibility index (Phi) is 7.44. The summed E-state index contributed by atoms with van der Waals surface area (Å²) in [6, 6.07) is 16.8. The Balaban J connectivity index is 0.00000380. The standard InChI is InChI=1S/C27H31N3O5S.H2/c1-4-18-10-12-21(13-11-18)36(33,34)30-23-22-16-20(17-29-26(22)35-27(2,3)24(23)31)25(32)28-15-14-19-8-6-5-7-9-19;/h5-13,16-17,23-24,30-31H,4,14-15H2,1-3H3,(H,28,32);1H/t23-,24+;/m1./s1. The molecule has 0 saturated carbocycles. The molecule has 0 unspecified atom stereocenters. The van der Waals surface area contributed by atoms with Crippen molar-refractivity contribution in [2.45, 2.75) is 56.3 Å². The van der Waals surface area contributed by atoms with Crippen LogP contribution < -0.4 is 14.8 Å². The maximum Gasteiger partial charge on any atom is 0.252 e. The summed E-state index contributed by atoms with van der Waals surface area (Å²) in [6.45, 7) is 5.73. The summed E-state index contributed by atoms with van der Waals surface area (Å²) in [4.78, 5) is 17.2. The van der Waals surface area contributed by atoms with Crippen LogP contribution in [0.1, 0.15) is 55.3 Å². The van der Waals surface area contributed by atoms with E-state index in [-0.39, 0.29) is 23.7 Å². The monoisotopic (exact) mass is 511 g/mol. The highest BCUT2D eigenvalue weighted by atomic mass is 32.2.